The van der Waals surface area contributed by atoms with Crippen LogP contribution in [0.5, 0.6) is 0 Å². The molecule has 0 atom stereocenters. The number of carbonyl (C=O) groups excluding carboxylic acids is 2. The average molecular weight is 382 g/mol. The Labute approximate surface area is 157 Å². The zero-order valence-electron chi connectivity index (χ0n) is 14.6. The number of non-ortho nitro benzene ring substituents is 1. The molecule has 28 heavy (non-hydrogen) atoms. The second-order valence-corrected chi connectivity index (χ2v) is 5.83. The minimum atomic E-state index is -0.847. The van der Waals surface area contributed by atoms with Crippen LogP contribution in [-0.4, -0.2) is 23.9 Å². The second kappa shape index (κ2) is 7.70. The van der Waals surface area contributed by atoms with Crippen molar-refractivity contribution >= 4 is 34.0 Å². The van der Waals surface area contributed by atoms with E-state index in [9.17, 15) is 24.5 Å². The van der Waals surface area contributed by atoms with Crippen molar-refractivity contribution in [2.75, 3.05) is 12.4 Å². The van der Waals surface area contributed by atoms with E-state index in [0.29, 0.717) is 16.6 Å². The molecule has 0 aliphatic carbocycles. The van der Waals surface area contributed by atoms with Crippen molar-refractivity contribution in [3.05, 3.63) is 80.4 Å². The molecule has 3 aromatic rings. The molecule has 0 fully saturated rings. The number of esters is 1. The predicted molar refractivity (Wildman–Crippen MR) is 99.3 cm³/mol. The number of fused-ring (bicyclic) bond motifs is 1. The Morgan fingerprint density at radius 2 is 1.86 bits per heavy atom. The summed E-state index contributed by atoms with van der Waals surface area (Å²) < 4.78 is 9.58. The molecule has 142 valence electrons. The number of methoxy groups -OCH3 is 1. The summed E-state index contributed by atoms with van der Waals surface area (Å²) in [7, 11) is 1.30. The van der Waals surface area contributed by atoms with E-state index in [1.807, 2.05) is 0 Å². The topological polar surface area (TPSA) is 129 Å². The molecule has 0 unspecified atom stereocenters. The number of nitro benzene ring substituents is 1. The van der Waals surface area contributed by atoms with E-state index in [2.05, 4.69) is 10.1 Å². The highest BCUT2D eigenvalue weighted by atomic mass is 16.6. The fourth-order valence-electron chi connectivity index (χ4n) is 2.54. The summed E-state index contributed by atoms with van der Waals surface area (Å²) in [6.45, 7) is 0. The third kappa shape index (κ3) is 4.04. The van der Waals surface area contributed by atoms with Crippen LogP contribution in [0.3, 0.4) is 0 Å². The van der Waals surface area contributed by atoms with E-state index in [1.165, 1.54) is 25.3 Å². The molecular formula is C19H14N2O7. The van der Waals surface area contributed by atoms with E-state index in [0.717, 1.165) is 6.07 Å². The van der Waals surface area contributed by atoms with Gasteiger partial charge < -0.3 is 14.5 Å². The van der Waals surface area contributed by atoms with Gasteiger partial charge in [0.2, 0.25) is 0 Å². The molecule has 0 bridgehead atoms. The Balaban J connectivity index is 1.81. The van der Waals surface area contributed by atoms with Gasteiger partial charge in [-0.3, -0.25) is 19.7 Å². The average Bonchev–Trinajstić information content (AvgIpc) is 2.68. The highest BCUT2D eigenvalue weighted by Gasteiger charge is 2.15. The number of hydrogen-bond donors (Lipinski definition) is 1. The van der Waals surface area contributed by atoms with Crippen LogP contribution >= 0.6 is 0 Å². The maximum Gasteiger partial charge on any atom is 0.344 e. The normalized spacial score (nSPS) is 10.5. The van der Waals surface area contributed by atoms with Gasteiger partial charge in [-0.15, -0.1) is 0 Å². The van der Waals surface area contributed by atoms with Gasteiger partial charge >= 0.3 is 11.6 Å². The summed E-state index contributed by atoms with van der Waals surface area (Å²) in [5.41, 5.74) is 0.0533. The fourth-order valence-corrected chi connectivity index (χ4v) is 2.54. The minimum absolute atomic E-state index is 0.0120. The highest BCUT2D eigenvalue weighted by Crippen LogP contribution is 2.20. The third-order valence-electron chi connectivity index (χ3n) is 3.97. The van der Waals surface area contributed by atoms with Gasteiger partial charge in [-0.1, -0.05) is 12.1 Å². The molecule has 0 aliphatic rings. The van der Waals surface area contributed by atoms with Crippen LogP contribution in [0.1, 0.15) is 16.1 Å². The quantitative estimate of drug-likeness (QED) is 0.408. The van der Waals surface area contributed by atoms with Crippen molar-refractivity contribution < 1.29 is 23.7 Å². The second-order valence-electron chi connectivity index (χ2n) is 5.83. The molecule has 3 rings (SSSR count). The first-order chi connectivity index (χ1) is 13.4. The first-order valence-corrected chi connectivity index (χ1v) is 8.07. The molecule has 0 saturated heterocycles. The van der Waals surface area contributed by atoms with Gasteiger partial charge in [0, 0.05) is 17.8 Å². The molecule has 0 saturated carbocycles. The smallest absolute Gasteiger partial charge is 0.344 e. The molecule has 0 aliphatic heterocycles. The van der Waals surface area contributed by atoms with Crippen LogP contribution in [0.15, 0.2) is 57.7 Å². The van der Waals surface area contributed by atoms with Crippen LogP contribution in [-0.2, 0) is 16.0 Å². The summed E-state index contributed by atoms with van der Waals surface area (Å²) in [5, 5.41) is 13.8. The molecule has 0 spiro atoms. The molecule has 0 radical (unpaired) electrons. The van der Waals surface area contributed by atoms with Crippen molar-refractivity contribution in [1.29, 1.82) is 0 Å². The Morgan fingerprint density at radius 1 is 1.14 bits per heavy atom. The molecule has 1 aromatic heterocycles. The molecular weight excluding hydrogens is 368 g/mol. The first-order valence-electron chi connectivity index (χ1n) is 8.07. The zero-order chi connectivity index (χ0) is 20.3. The number of ether oxygens (including phenoxy) is 1. The summed E-state index contributed by atoms with van der Waals surface area (Å²) >= 11 is 0. The number of benzene rings is 2. The number of hydrogen-bond acceptors (Lipinski definition) is 7. The molecule has 1 N–H and O–H groups in total. The summed E-state index contributed by atoms with van der Waals surface area (Å²) in [5.74, 6) is -1.27. The van der Waals surface area contributed by atoms with E-state index in [-0.39, 0.29) is 29.2 Å². The zero-order valence-corrected chi connectivity index (χ0v) is 14.6. The van der Waals surface area contributed by atoms with Crippen LogP contribution in [0.25, 0.3) is 10.8 Å². The van der Waals surface area contributed by atoms with Gasteiger partial charge in [-0.05, 0) is 35.2 Å². The van der Waals surface area contributed by atoms with Crippen LogP contribution < -0.4 is 10.9 Å². The lowest BCUT2D eigenvalue weighted by atomic mass is 10.1. The Morgan fingerprint density at radius 3 is 2.50 bits per heavy atom. The van der Waals surface area contributed by atoms with Gasteiger partial charge in [-0.25, -0.2) is 4.79 Å². The van der Waals surface area contributed by atoms with Gasteiger partial charge in [0.15, 0.2) is 5.76 Å². The van der Waals surface area contributed by atoms with Crippen LogP contribution in [0.2, 0.25) is 0 Å². The minimum Gasteiger partial charge on any atom is -0.469 e. The lowest BCUT2D eigenvalue weighted by molar-refractivity contribution is -0.384. The van der Waals surface area contributed by atoms with Crippen molar-refractivity contribution in [3.8, 4) is 0 Å². The van der Waals surface area contributed by atoms with Crippen molar-refractivity contribution in [3.63, 3.8) is 0 Å². The Hall–Kier alpha value is -4.01. The number of rotatable bonds is 5. The van der Waals surface area contributed by atoms with Crippen molar-refractivity contribution in [2.45, 2.75) is 6.42 Å². The van der Waals surface area contributed by atoms with Gasteiger partial charge in [0.25, 0.3) is 11.6 Å². The van der Waals surface area contributed by atoms with Gasteiger partial charge in [0.05, 0.1) is 23.8 Å². The van der Waals surface area contributed by atoms with Crippen LogP contribution in [0, 0.1) is 10.1 Å². The predicted octanol–water partition coefficient (Wildman–Crippen LogP) is 2.67. The van der Waals surface area contributed by atoms with E-state index in [4.69, 9.17) is 4.42 Å². The standard InChI is InChI=1S/C19H14N2O7/c1-27-17(22)8-11-2-5-13(6-3-11)20-18(23)16-9-12-4-7-14(21(25)26)10-15(12)19(24)28-16/h2-7,9-10H,8H2,1H3,(H,20,23). The molecule has 1 heterocycles. The fraction of sp³-hybridized carbons (Fsp3) is 0.105. The van der Waals surface area contributed by atoms with Crippen molar-refractivity contribution in [1.82, 2.24) is 0 Å². The van der Waals surface area contributed by atoms with Crippen LogP contribution in [0.4, 0.5) is 11.4 Å². The number of anilines is 1. The first kappa shape index (κ1) is 18.8. The molecule has 1 amide bonds. The Kier molecular flexibility index (Phi) is 5.16. The lowest BCUT2D eigenvalue weighted by Gasteiger charge is -2.06. The lowest BCUT2D eigenvalue weighted by Crippen LogP contribution is -2.15. The third-order valence-corrected chi connectivity index (χ3v) is 3.97. The number of carbonyl (C=O) groups is 2. The van der Waals surface area contributed by atoms with E-state index < -0.39 is 16.5 Å². The SMILES string of the molecule is COC(=O)Cc1ccc(NC(=O)c2cc3ccc([N+](=O)[O-])cc3c(=O)o2)cc1. The summed E-state index contributed by atoms with van der Waals surface area (Å²) in [6, 6.07) is 11.6. The maximum absolute atomic E-state index is 12.4. The number of nitrogens with one attached hydrogen (secondary N) is 1. The van der Waals surface area contributed by atoms with Gasteiger partial charge in [-0.2, -0.15) is 0 Å². The maximum atomic E-state index is 12.4. The number of nitrogens with zero attached hydrogens (tertiary/aromatic N) is 1. The Bertz CT molecular complexity index is 1130. The molecule has 2 aromatic carbocycles. The summed E-state index contributed by atoms with van der Waals surface area (Å²) in [6.07, 6.45) is 0.108. The largest absolute Gasteiger partial charge is 0.469 e. The highest BCUT2D eigenvalue weighted by molar-refractivity contribution is 6.04. The van der Waals surface area contributed by atoms with Gasteiger partial charge in [0.1, 0.15) is 0 Å². The molecule has 9 nitrogen and oxygen atoms in total. The van der Waals surface area contributed by atoms with E-state index >= 15 is 0 Å². The number of amides is 1. The summed E-state index contributed by atoms with van der Waals surface area (Å²) in [4.78, 5) is 45.9. The number of nitro groups is 1. The monoisotopic (exact) mass is 382 g/mol. The molecule has 9 heteroatoms. The van der Waals surface area contributed by atoms with E-state index in [1.54, 1.807) is 24.3 Å². The van der Waals surface area contributed by atoms with Crippen molar-refractivity contribution in [2.24, 2.45) is 0 Å².